The fourth-order valence-electron chi connectivity index (χ4n) is 4.75. The Labute approximate surface area is 201 Å². The Kier molecular flexibility index (Phi) is 6.21. The van der Waals surface area contributed by atoms with Gasteiger partial charge in [-0.25, -0.2) is 4.98 Å². The van der Waals surface area contributed by atoms with E-state index in [2.05, 4.69) is 10.3 Å². The second-order valence-electron chi connectivity index (χ2n) is 8.82. The van der Waals surface area contributed by atoms with E-state index >= 15 is 0 Å². The van der Waals surface area contributed by atoms with Gasteiger partial charge in [0.1, 0.15) is 16.5 Å². The van der Waals surface area contributed by atoms with Crippen molar-refractivity contribution in [2.45, 2.75) is 25.7 Å². The highest BCUT2D eigenvalue weighted by Crippen LogP contribution is 2.59. The van der Waals surface area contributed by atoms with Gasteiger partial charge in [0.2, 0.25) is 5.91 Å². The molecule has 3 heterocycles. The Hall–Kier alpha value is -2.71. The first-order valence-electron chi connectivity index (χ1n) is 11.3. The number of nitrogens with zero attached hydrogens (tertiary/aromatic N) is 2. The van der Waals surface area contributed by atoms with E-state index in [9.17, 15) is 9.59 Å². The van der Waals surface area contributed by atoms with E-state index in [4.69, 9.17) is 4.74 Å². The standard InChI is InChI=1S/C25H27N3O3S2/c1-31-18-5-2-4-17(14-18)7-10-26-22(29)19-15-25(19)8-11-28(12-9-25)24(30)20-16-33-23(27-20)21-6-3-13-32-21/h2-6,13-14,16,19H,7-12,15H2,1H3,(H,26,29)/t19-/m0/s1. The van der Waals surface area contributed by atoms with Crippen LogP contribution in [0.2, 0.25) is 0 Å². The molecule has 1 saturated carbocycles. The minimum Gasteiger partial charge on any atom is -0.497 e. The molecule has 2 aliphatic rings. The van der Waals surface area contributed by atoms with Crippen LogP contribution in [-0.2, 0) is 11.2 Å². The fourth-order valence-corrected chi connectivity index (χ4v) is 6.36. The van der Waals surface area contributed by atoms with Crippen molar-refractivity contribution in [2.24, 2.45) is 11.3 Å². The molecule has 8 heteroatoms. The fraction of sp³-hybridized carbons (Fsp3) is 0.400. The third-order valence-corrected chi connectivity index (χ3v) is 8.74. The van der Waals surface area contributed by atoms with Crippen molar-refractivity contribution in [3.05, 3.63) is 58.4 Å². The summed E-state index contributed by atoms with van der Waals surface area (Å²) in [7, 11) is 1.66. The lowest BCUT2D eigenvalue weighted by atomic mass is 9.90. The lowest BCUT2D eigenvalue weighted by molar-refractivity contribution is -0.123. The Bertz CT molecular complexity index is 1130. The van der Waals surface area contributed by atoms with Crippen molar-refractivity contribution in [1.82, 2.24) is 15.2 Å². The van der Waals surface area contributed by atoms with E-state index in [1.165, 1.54) is 11.3 Å². The topological polar surface area (TPSA) is 71.5 Å². The highest BCUT2D eigenvalue weighted by molar-refractivity contribution is 7.20. The third kappa shape index (κ3) is 4.68. The van der Waals surface area contributed by atoms with E-state index < -0.39 is 0 Å². The Balaban J connectivity index is 1.09. The number of rotatable bonds is 7. The van der Waals surface area contributed by atoms with Gasteiger partial charge in [-0.1, -0.05) is 18.2 Å². The van der Waals surface area contributed by atoms with Crippen molar-refractivity contribution in [1.29, 1.82) is 0 Å². The summed E-state index contributed by atoms with van der Waals surface area (Å²) >= 11 is 3.15. The summed E-state index contributed by atoms with van der Waals surface area (Å²) in [4.78, 5) is 33.2. The molecule has 5 rings (SSSR count). The van der Waals surface area contributed by atoms with Crippen molar-refractivity contribution in [3.8, 4) is 15.6 Å². The number of nitrogens with one attached hydrogen (secondary N) is 1. The smallest absolute Gasteiger partial charge is 0.273 e. The molecule has 1 aliphatic carbocycles. The zero-order chi connectivity index (χ0) is 22.8. The van der Waals surface area contributed by atoms with Gasteiger partial charge < -0.3 is 15.0 Å². The maximum Gasteiger partial charge on any atom is 0.273 e. The largest absolute Gasteiger partial charge is 0.497 e. The van der Waals surface area contributed by atoms with Gasteiger partial charge in [-0.05, 0) is 60.2 Å². The highest BCUT2D eigenvalue weighted by atomic mass is 32.1. The molecule has 33 heavy (non-hydrogen) atoms. The lowest BCUT2D eigenvalue weighted by Gasteiger charge is -2.32. The molecule has 2 amide bonds. The molecule has 1 saturated heterocycles. The van der Waals surface area contributed by atoms with Crippen LogP contribution in [0.15, 0.2) is 47.2 Å². The van der Waals surface area contributed by atoms with Crippen molar-refractivity contribution >= 4 is 34.5 Å². The summed E-state index contributed by atoms with van der Waals surface area (Å²) in [5, 5.41) is 7.88. The molecule has 2 aromatic heterocycles. The van der Waals surface area contributed by atoms with Crippen LogP contribution < -0.4 is 10.1 Å². The summed E-state index contributed by atoms with van der Waals surface area (Å²) in [6.45, 7) is 2.01. The highest BCUT2D eigenvalue weighted by Gasteiger charge is 2.58. The molecular formula is C25H27N3O3S2. The molecule has 3 aromatic rings. The van der Waals surface area contributed by atoms with Crippen molar-refractivity contribution < 1.29 is 14.3 Å². The average molecular weight is 482 g/mol. The van der Waals surface area contributed by atoms with Crippen LogP contribution in [0.1, 0.15) is 35.3 Å². The van der Waals surface area contributed by atoms with Gasteiger partial charge in [0.05, 0.1) is 12.0 Å². The minimum absolute atomic E-state index is 0.00356. The number of aromatic nitrogens is 1. The molecule has 172 valence electrons. The van der Waals surface area contributed by atoms with E-state index in [1.54, 1.807) is 18.4 Å². The third-order valence-electron chi connectivity index (χ3n) is 6.85. The number of thiophene rings is 1. The maximum absolute atomic E-state index is 12.9. The monoisotopic (exact) mass is 481 g/mol. The molecule has 1 aliphatic heterocycles. The number of ether oxygens (including phenoxy) is 1. The summed E-state index contributed by atoms with van der Waals surface area (Å²) in [6.07, 6.45) is 3.48. The molecule has 6 nitrogen and oxygen atoms in total. The molecule has 0 radical (unpaired) electrons. The van der Waals surface area contributed by atoms with Crippen LogP contribution in [0.3, 0.4) is 0 Å². The molecule has 1 N–H and O–H groups in total. The summed E-state index contributed by atoms with van der Waals surface area (Å²) in [6, 6.07) is 12.0. The van der Waals surface area contributed by atoms with Crippen LogP contribution >= 0.6 is 22.7 Å². The first-order valence-corrected chi connectivity index (χ1v) is 13.0. The molecule has 2 fully saturated rings. The Morgan fingerprint density at radius 1 is 1.21 bits per heavy atom. The predicted octanol–water partition coefficient (Wildman–Crippen LogP) is 4.48. The number of thiazole rings is 1. The summed E-state index contributed by atoms with van der Waals surface area (Å²) in [5.74, 6) is 1.06. The molecular weight excluding hydrogens is 454 g/mol. The number of carbonyl (C=O) groups excluding carboxylic acids is 2. The Morgan fingerprint density at radius 2 is 2.06 bits per heavy atom. The van der Waals surface area contributed by atoms with Crippen molar-refractivity contribution in [3.63, 3.8) is 0 Å². The van der Waals surface area contributed by atoms with Gasteiger partial charge in [-0.3, -0.25) is 9.59 Å². The van der Waals surface area contributed by atoms with Crippen LogP contribution in [0.25, 0.3) is 9.88 Å². The van der Waals surface area contributed by atoms with Crippen LogP contribution in [0, 0.1) is 11.3 Å². The van der Waals surface area contributed by atoms with E-state index in [1.807, 2.05) is 52.1 Å². The first-order chi connectivity index (χ1) is 16.1. The van der Waals surface area contributed by atoms with E-state index in [0.29, 0.717) is 25.3 Å². The van der Waals surface area contributed by atoms with E-state index in [0.717, 1.165) is 46.9 Å². The predicted molar refractivity (Wildman–Crippen MR) is 131 cm³/mol. The summed E-state index contributed by atoms with van der Waals surface area (Å²) in [5.41, 5.74) is 1.75. The number of benzene rings is 1. The SMILES string of the molecule is COc1cccc(CCNC(=O)[C@@H]2CC23CCN(C(=O)c2csc(-c4cccs4)n2)CC3)c1. The van der Waals surface area contributed by atoms with Gasteiger partial charge in [-0.15, -0.1) is 22.7 Å². The molecule has 0 unspecified atom stereocenters. The summed E-state index contributed by atoms with van der Waals surface area (Å²) < 4.78 is 5.26. The number of hydrogen-bond acceptors (Lipinski definition) is 6. The number of carbonyl (C=O) groups is 2. The van der Waals surface area contributed by atoms with Gasteiger partial charge in [0.15, 0.2) is 0 Å². The van der Waals surface area contributed by atoms with E-state index in [-0.39, 0.29) is 23.1 Å². The maximum atomic E-state index is 12.9. The second-order valence-corrected chi connectivity index (χ2v) is 10.6. The Morgan fingerprint density at radius 3 is 2.82 bits per heavy atom. The normalized spacial score (nSPS) is 18.8. The lowest BCUT2D eigenvalue weighted by Crippen LogP contribution is -2.41. The molecule has 1 aromatic carbocycles. The number of piperidine rings is 1. The number of likely N-dealkylation sites (tertiary alicyclic amines) is 1. The van der Waals surface area contributed by atoms with Gasteiger partial charge >= 0.3 is 0 Å². The number of amides is 2. The number of hydrogen-bond donors (Lipinski definition) is 1. The minimum atomic E-state index is 0.00356. The second kappa shape index (κ2) is 9.27. The van der Waals surface area contributed by atoms with Crippen LogP contribution in [0.5, 0.6) is 5.75 Å². The zero-order valence-corrected chi connectivity index (χ0v) is 20.2. The van der Waals surface area contributed by atoms with Crippen LogP contribution in [-0.4, -0.2) is 48.4 Å². The van der Waals surface area contributed by atoms with Crippen molar-refractivity contribution in [2.75, 3.05) is 26.7 Å². The average Bonchev–Trinajstić information content (AvgIpc) is 3.23. The molecule has 0 bridgehead atoms. The van der Waals surface area contributed by atoms with Gasteiger partial charge in [0, 0.05) is 30.9 Å². The quantitative estimate of drug-likeness (QED) is 0.540. The zero-order valence-electron chi connectivity index (χ0n) is 18.6. The number of methoxy groups -OCH3 is 1. The molecule has 1 spiro atoms. The molecule has 1 atom stereocenters. The van der Waals surface area contributed by atoms with Gasteiger partial charge in [-0.2, -0.15) is 0 Å². The van der Waals surface area contributed by atoms with Crippen LogP contribution in [0.4, 0.5) is 0 Å². The van der Waals surface area contributed by atoms with Gasteiger partial charge in [0.25, 0.3) is 5.91 Å². The first kappa shape index (κ1) is 22.1.